The number of ether oxygens (including phenoxy) is 2. The fourth-order valence-electron chi connectivity index (χ4n) is 4.85. The van der Waals surface area contributed by atoms with Crippen molar-refractivity contribution in [2.45, 2.75) is 56.5 Å². The number of fused-ring (bicyclic) bond motifs is 2. The molecule has 3 nitrogen and oxygen atoms in total. The van der Waals surface area contributed by atoms with Crippen molar-refractivity contribution < 1.29 is 14.3 Å². The maximum Gasteiger partial charge on any atom is 0.155 e. The smallest absolute Gasteiger partial charge is 0.155 e. The van der Waals surface area contributed by atoms with Crippen LogP contribution in [-0.4, -0.2) is 30.2 Å². The van der Waals surface area contributed by atoms with E-state index in [0.717, 1.165) is 32.1 Å². The number of rotatable bonds is 0. The largest absolute Gasteiger partial charge is 0.370 e. The highest BCUT2D eigenvalue weighted by molar-refractivity contribution is 5.91. The van der Waals surface area contributed by atoms with Gasteiger partial charge in [0.05, 0.1) is 24.4 Å². The van der Waals surface area contributed by atoms with Crippen LogP contribution in [0.4, 0.5) is 0 Å². The molecule has 0 radical (unpaired) electrons. The molecule has 0 aromatic rings. The molecule has 17 heavy (non-hydrogen) atoms. The third-order valence-corrected chi connectivity index (χ3v) is 5.85. The first-order chi connectivity index (χ1) is 8.20. The van der Waals surface area contributed by atoms with E-state index in [9.17, 15) is 4.79 Å². The fraction of sp³-hybridized carbons (Fsp3) is 0.786. The zero-order valence-electron chi connectivity index (χ0n) is 9.72. The van der Waals surface area contributed by atoms with Crippen LogP contribution in [-0.2, 0) is 14.3 Å². The van der Waals surface area contributed by atoms with E-state index in [0.29, 0.717) is 30.2 Å². The Morgan fingerprint density at radius 1 is 1.00 bits per heavy atom. The highest BCUT2D eigenvalue weighted by Crippen LogP contribution is 2.69. The number of hydrogen-bond donors (Lipinski definition) is 0. The highest BCUT2D eigenvalue weighted by Gasteiger charge is 2.69. The van der Waals surface area contributed by atoms with Crippen LogP contribution in [0, 0.1) is 10.8 Å². The van der Waals surface area contributed by atoms with Gasteiger partial charge in [0.2, 0.25) is 0 Å². The molecule has 5 aliphatic rings. The van der Waals surface area contributed by atoms with E-state index in [4.69, 9.17) is 9.47 Å². The van der Waals surface area contributed by atoms with E-state index in [1.807, 2.05) is 6.08 Å². The molecule has 5 rings (SSSR count). The predicted molar refractivity (Wildman–Crippen MR) is 59.4 cm³/mol. The number of hydrogen-bond acceptors (Lipinski definition) is 3. The predicted octanol–water partition coefficient (Wildman–Crippen LogP) is 1.61. The minimum Gasteiger partial charge on any atom is -0.370 e. The molecule has 0 spiro atoms. The SMILES string of the molecule is O=C1C=CC23C[C@@H]4O[C@@H]4CC2(C1)C[C@H]1O[C@@H]1C3. The van der Waals surface area contributed by atoms with Crippen molar-refractivity contribution in [3.63, 3.8) is 0 Å². The number of ketones is 1. The zero-order chi connectivity index (χ0) is 11.3. The monoisotopic (exact) mass is 232 g/mol. The van der Waals surface area contributed by atoms with Crippen LogP contribution in [0.1, 0.15) is 32.1 Å². The van der Waals surface area contributed by atoms with E-state index in [2.05, 4.69) is 6.08 Å². The summed E-state index contributed by atoms with van der Waals surface area (Å²) in [7, 11) is 0. The minimum atomic E-state index is 0.161. The molecule has 2 saturated carbocycles. The lowest BCUT2D eigenvalue weighted by molar-refractivity contribution is -0.123. The molecule has 6 atom stereocenters. The van der Waals surface area contributed by atoms with E-state index < -0.39 is 0 Å². The first-order valence-corrected chi connectivity index (χ1v) is 6.73. The second-order valence-corrected chi connectivity index (χ2v) is 6.66. The average Bonchev–Trinajstić information content (AvgIpc) is 3.15. The van der Waals surface area contributed by atoms with Gasteiger partial charge in [0.25, 0.3) is 0 Å². The number of allylic oxidation sites excluding steroid dienone is 2. The Hall–Kier alpha value is -0.670. The van der Waals surface area contributed by atoms with Gasteiger partial charge in [-0.25, -0.2) is 0 Å². The standard InChI is InChI=1S/C14H16O3/c15-8-1-2-13-4-9-11(16-9)6-14(13,3-8)7-12-10(5-13)17-12/h1-2,9-12H,3-7H2/t9-,10+,11-,12-,13?,14?/m1/s1. The number of epoxide rings is 2. The third kappa shape index (κ3) is 1.03. The molecule has 0 aromatic carbocycles. The van der Waals surface area contributed by atoms with E-state index in [-0.39, 0.29) is 10.8 Å². The van der Waals surface area contributed by atoms with Crippen molar-refractivity contribution >= 4 is 5.78 Å². The summed E-state index contributed by atoms with van der Waals surface area (Å²) in [6.45, 7) is 0. The van der Waals surface area contributed by atoms with Gasteiger partial charge in [0.15, 0.2) is 5.78 Å². The van der Waals surface area contributed by atoms with Crippen LogP contribution in [0.5, 0.6) is 0 Å². The van der Waals surface area contributed by atoms with Crippen molar-refractivity contribution in [3.8, 4) is 0 Å². The van der Waals surface area contributed by atoms with E-state index >= 15 is 0 Å². The summed E-state index contributed by atoms with van der Waals surface area (Å²) >= 11 is 0. The molecule has 4 fully saturated rings. The van der Waals surface area contributed by atoms with Gasteiger partial charge in [-0.05, 0) is 37.2 Å². The molecule has 2 aliphatic heterocycles. The van der Waals surface area contributed by atoms with Crippen LogP contribution >= 0.6 is 0 Å². The summed E-state index contributed by atoms with van der Waals surface area (Å²) in [6.07, 6.45) is 11.0. The van der Waals surface area contributed by atoms with Gasteiger partial charge < -0.3 is 9.47 Å². The van der Waals surface area contributed by atoms with Crippen molar-refractivity contribution in [1.29, 1.82) is 0 Å². The molecule has 3 aliphatic carbocycles. The molecule has 90 valence electrons. The Kier molecular flexibility index (Phi) is 1.38. The Balaban J connectivity index is 1.66. The molecule has 2 saturated heterocycles. The quantitative estimate of drug-likeness (QED) is 0.596. The van der Waals surface area contributed by atoms with Crippen molar-refractivity contribution in [2.24, 2.45) is 10.8 Å². The molecule has 2 heterocycles. The summed E-state index contributed by atoms with van der Waals surface area (Å²) in [5, 5.41) is 0. The molecule has 0 amide bonds. The van der Waals surface area contributed by atoms with Crippen molar-refractivity contribution in [3.05, 3.63) is 12.2 Å². The van der Waals surface area contributed by atoms with Gasteiger partial charge in [0.1, 0.15) is 0 Å². The average molecular weight is 232 g/mol. The molecule has 0 N–H and O–H groups in total. The maximum atomic E-state index is 11.8. The van der Waals surface area contributed by atoms with Crippen LogP contribution < -0.4 is 0 Å². The first kappa shape index (κ1) is 9.29. The van der Waals surface area contributed by atoms with Crippen LogP contribution in [0.25, 0.3) is 0 Å². The van der Waals surface area contributed by atoms with E-state index in [1.54, 1.807) is 0 Å². The van der Waals surface area contributed by atoms with Gasteiger partial charge in [-0.2, -0.15) is 0 Å². The summed E-state index contributed by atoms with van der Waals surface area (Å²) in [4.78, 5) is 11.8. The van der Waals surface area contributed by atoms with E-state index in [1.165, 1.54) is 0 Å². The Bertz CT molecular complexity index is 430. The minimum absolute atomic E-state index is 0.161. The fourth-order valence-corrected chi connectivity index (χ4v) is 4.85. The van der Waals surface area contributed by atoms with Gasteiger partial charge in [-0.3, -0.25) is 4.79 Å². The normalized spacial score (nSPS) is 62.0. The summed E-state index contributed by atoms with van der Waals surface area (Å²) in [5.74, 6) is 0.304. The lowest BCUT2D eigenvalue weighted by atomic mass is 9.47. The first-order valence-electron chi connectivity index (χ1n) is 6.73. The zero-order valence-corrected chi connectivity index (χ0v) is 9.72. The van der Waals surface area contributed by atoms with Crippen LogP contribution in [0.2, 0.25) is 0 Å². The molecule has 0 bridgehead atoms. The lowest BCUT2D eigenvalue weighted by Crippen LogP contribution is -2.52. The van der Waals surface area contributed by atoms with Gasteiger partial charge >= 0.3 is 0 Å². The van der Waals surface area contributed by atoms with Crippen LogP contribution in [0.3, 0.4) is 0 Å². The second kappa shape index (κ2) is 2.52. The molecular weight excluding hydrogens is 216 g/mol. The molecular formula is C14H16O3. The Morgan fingerprint density at radius 2 is 1.59 bits per heavy atom. The van der Waals surface area contributed by atoms with Crippen molar-refractivity contribution in [1.82, 2.24) is 0 Å². The van der Waals surface area contributed by atoms with Gasteiger partial charge in [-0.1, -0.05) is 6.08 Å². The number of carbonyl (C=O) groups excluding carboxylic acids is 1. The molecule has 2 unspecified atom stereocenters. The molecule has 0 aromatic heterocycles. The van der Waals surface area contributed by atoms with Crippen molar-refractivity contribution in [2.75, 3.05) is 0 Å². The Labute approximate surface area is 100 Å². The topological polar surface area (TPSA) is 42.1 Å². The molecule has 3 heteroatoms. The summed E-state index contributed by atoms with van der Waals surface area (Å²) < 4.78 is 11.5. The van der Waals surface area contributed by atoms with Gasteiger partial charge in [0, 0.05) is 11.8 Å². The second-order valence-electron chi connectivity index (χ2n) is 6.66. The lowest BCUT2D eigenvalue weighted by Gasteiger charge is -2.54. The third-order valence-electron chi connectivity index (χ3n) is 5.85. The summed E-state index contributed by atoms with van der Waals surface area (Å²) in [6, 6.07) is 0. The van der Waals surface area contributed by atoms with Crippen LogP contribution in [0.15, 0.2) is 12.2 Å². The maximum absolute atomic E-state index is 11.8. The number of carbonyl (C=O) groups is 1. The highest BCUT2D eigenvalue weighted by atomic mass is 16.6. The van der Waals surface area contributed by atoms with Gasteiger partial charge in [-0.15, -0.1) is 0 Å². The summed E-state index contributed by atoms with van der Waals surface area (Å²) in [5.41, 5.74) is 0.365. The Morgan fingerprint density at radius 3 is 2.24 bits per heavy atom.